The van der Waals surface area contributed by atoms with Crippen molar-refractivity contribution in [1.82, 2.24) is 34.1 Å². The van der Waals surface area contributed by atoms with Crippen molar-refractivity contribution in [2.45, 2.75) is 118 Å². The number of aromatic nitrogens is 5. The summed E-state index contributed by atoms with van der Waals surface area (Å²) in [6, 6.07) is 13.7. The maximum absolute atomic E-state index is 14.5. The Balaban J connectivity index is 0.000000184. The first-order valence-electron chi connectivity index (χ1n) is 24.8. The van der Waals surface area contributed by atoms with Gasteiger partial charge >= 0.3 is 17.8 Å². The number of aromatic amines is 1. The van der Waals surface area contributed by atoms with Gasteiger partial charge in [-0.15, -0.1) is 0 Å². The van der Waals surface area contributed by atoms with Crippen molar-refractivity contribution in [3.05, 3.63) is 120 Å². The molecule has 73 heavy (non-hydrogen) atoms. The van der Waals surface area contributed by atoms with E-state index in [1.54, 1.807) is 42.4 Å². The SMILES string of the molecule is CC.CC(C)c1cc(-c2n[nH]c(=O)n2-c2ccc(CN3CCC4(CC3)CN(C(=O)C(C)(C)OC(N)=O)C4)cc2)c(O)cc1O.Cc1c(F)cc2nc3c(c4c2c1CCC4)Cn1c-3cc2c(c1=O)COC(=O)C2O. The average Bonchev–Trinajstić information content (AvgIpc) is 3.92. The number of phenolic OH excluding ortho intramolecular Hbond substituents is 2. The van der Waals surface area contributed by atoms with Gasteiger partial charge in [0.2, 0.25) is 0 Å². The number of piperidine rings is 1. The number of amides is 2. The second kappa shape index (κ2) is 19.2. The molecule has 7 heterocycles. The number of aliphatic hydroxyl groups excluding tert-OH is 1. The van der Waals surface area contributed by atoms with Crippen LogP contribution in [0.2, 0.25) is 0 Å². The molecule has 1 atom stereocenters. The lowest BCUT2D eigenvalue weighted by atomic mass is 9.71. The number of hydrogen-bond donors (Lipinski definition) is 5. The number of esters is 1. The highest BCUT2D eigenvalue weighted by Gasteiger charge is 2.50. The van der Waals surface area contributed by atoms with Gasteiger partial charge in [0.25, 0.3) is 11.5 Å². The van der Waals surface area contributed by atoms with E-state index in [1.165, 1.54) is 16.7 Å². The van der Waals surface area contributed by atoms with E-state index < -0.39 is 29.5 Å². The molecule has 0 saturated carbocycles. The second-order valence-corrected chi connectivity index (χ2v) is 20.3. The number of carbonyl (C=O) groups excluding carboxylic acids is 3. The van der Waals surface area contributed by atoms with E-state index >= 15 is 0 Å². The number of hydrogen-bond acceptors (Lipinski definition) is 13. The van der Waals surface area contributed by atoms with Crippen LogP contribution in [-0.2, 0) is 51.6 Å². The van der Waals surface area contributed by atoms with E-state index in [1.807, 2.05) is 52.0 Å². The summed E-state index contributed by atoms with van der Waals surface area (Å²) in [5.41, 5.74) is 12.0. The number of aryl methyl sites for hydroxylation is 2. The number of likely N-dealkylation sites (tertiary alicyclic amines) is 2. The Kier molecular flexibility index (Phi) is 13.3. The number of ether oxygens (including phenoxy) is 2. The number of nitrogens with zero attached hydrogens (tertiary/aromatic N) is 6. The number of H-pyrrole nitrogens is 1. The van der Waals surface area contributed by atoms with Crippen LogP contribution in [0.4, 0.5) is 9.18 Å². The fraction of sp³-hybridized carbons (Fsp3) is 0.426. The first kappa shape index (κ1) is 50.6. The number of rotatable bonds is 7. The Morgan fingerprint density at radius 3 is 2.33 bits per heavy atom. The molecule has 11 rings (SSSR count). The zero-order valence-electron chi connectivity index (χ0n) is 42.1. The van der Waals surface area contributed by atoms with E-state index in [4.69, 9.17) is 20.2 Å². The van der Waals surface area contributed by atoms with Crippen molar-refractivity contribution in [2.24, 2.45) is 11.1 Å². The Labute approximate surface area is 420 Å². The van der Waals surface area contributed by atoms with Crippen molar-refractivity contribution in [1.29, 1.82) is 0 Å². The summed E-state index contributed by atoms with van der Waals surface area (Å²) in [6.45, 7) is 16.9. The Bertz CT molecular complexity index is 3320. The molecule has 0 bridgehead atoms. The van der Waals surface area contributed by atoms with Gasteiger partial charge in [-0.25, -0.2) is 33.4 Å². The van der Waals surface area contributed by atoms with Crippen molar-refractivity contribution >= 4 is 28.9 Å². The molecule has 6 aromatic rings. The molecule has 5 aliphatic rings. The van der Waals surface area contributed by atoms with Crippen LogP contribution in [0.1, 0.15) is 117 Å². The van der Waals surface area contributed by atoms with Gasteiger partial charge in [0.05, 0.1) is 40.3 Å². The van der Waals surface area contributed by atoms with Crippen LogP contribution in [0.15, 0.2) is 58.1 Å². The maximum Gasteiger partial charge on any atom is 0.405 e. The summed E-state index contributed by atoms with van der Waals surface area (Å²) >= 11 is 0. The smallest absolute Gasteiger partial charge is 0.405 e. The molecule has 2 saturated heterocycles. The first-order valence-corrected chi connectivity index (χ1v) is 24.8. The first-order chi connectivity index (χ1) is 34.7. The van der Waals surface area contributed by atoms with Gasteiger partial charge in [0, 0.05) is 53.7 Å². The van der Waals surface area contributed by atoms with Crippen LogP contribution in [0.3, 0.4) is 0 Å². The maximum atomic E-state index is 14.5. The van der Waals surface area contributed by atoms with Crippen LogP contribution < -0.4 is 17.0 Å². The average molecular weight is 1000 g/mol. The largest absolute Gasteiger partial charge is 0.508 e. The van der Waals surface area contributed by atoms with Gasteiger partial charge < -0.3 is 40.0 Å². The number of aliphatic hydroxyl groups is 1. The number of nitrogens with one attached hydrogen (secondary N) is 1. The van der Waals surface area contributed by atoms with Gasteiger partial charge in [-0.2, -0.15) is 5.10 Å². The van der Waals surface area contributed by atoms with E-state index in [-0.39, 0.29) is 58.1 Å². The molecule has 3 aromatic carbocycles. The van der Waals surface area contributed by atoms with E-state index in [9.17, 15) is 43.7 Å². The number of fused-ring (bicyclic) bond motifs is 5. The minimum absolute atomic E-state index is 0.00756. The lowest BCUT2D eigenvalue weighted by molar-refractivity contribution is -0.163. The zero-order chi connectivity index (χ0) is 52.4. The minimum atomic E-state index is -1.48. The number of cyclic esters (lactones) is 1. The normalized spacial score (nSPS) is 17.4. The molecule has 6 N–H and O–H groups in total. The number of halogens is 1. The quantitative estimate of drug-likeness (QED) is 0.107. The van der Waals surface area contributed by atoms with Crippen molar-refractivity contribution < 1.29 is 43.6 Å². The third-order valence-corrected chi connectivity index (χ3v) is 14.9. The molecule has 0 radical (unpaired) electrons. The Morgan fingerprint density at radius 2 is 1.66 bits per heavy atom. The third kappa shape index (κ3) is 9.02. The number of aromatic hydroxyl groups is 2. The number of carbonyl (C=O) groups is 3. The van der Waals surface area contributed by atoms with Gasteiger partial charge in [-0.3, -0.25) is 14.5 Å². The Hall–Kier alpha value is -7.38. The number of primary amides is 1. The molecule has 1 unspecified atom stereocenters. The molecule has 1 aliphatic carbocycles. The molecular weight excluding hydrogens is 940 g/mol. The van der Waals surface area contributed by atoms with Crippen LogP contribution in [-0.4, -0.2) is 99.2 Å². The third-order valence-electron chi connectivity index (χ3n) is 14.9. The summed E-state index contributed by atoms with van der Waals surface area (Å²) in [5.74, 6) is -1.17. The van der Waals surface area contributed by atoms with Crippen LogP contribution in [0, 0.1) is 18.2 Å². The standard InChI is InChI=1S/C30H38N6O6.C22H17FN2O4.C2H6/c1-18(2)21-13-22(24(38)14-23(21)37)25-32-33-28(41)36(25)20-7-5-19(6-8-20)15-34-11-9-30(10-12-34)16-35(17-30)26(39)29(3,4)42-27(31)40;1-9-10-3-2-4-11-13-7-25-17(19(13)24-16(18(10)11)6-15(9)23)5-12-14(21(25)27)8-29-22(28)20(12)26;1-2/h5-8,13-14,18,37-38H,9-12,15-17H2,1-4H3,(H2,31,40)(H,33,41);5-6,20,26H,2-4,7-8H2,1H3;1-2H3. The summed E-state index contributed by atoms with van der Waals surface area (Å²) in [7, 11) is 0. The van der Waals surface area contributed by atoms with Gasteiger partial charge in [0.15, 0.2) is 17.5 Å². The van der Waals surface area contributed by atoms with E-state index in [0.29, 0.717) is 64.5 Å². The van der Waals surface area contributed by atoms with Crippen molar-refractivity contribution in [3.63, 3.8) is 0 Å². The minimum Gasteiger partial charge on any atom is -0.508 e. The van der Waals surface area contributed by atoms with Gasteiger partial charge in [-0.1, -0.05) is 39.8 Å². The molecule has 4 aliphatic heterocycles. The fourth-order valence-corrected chi connectivity index (χ4v) is 11.1. The fourth-order valence-electron chi connectivity index (χ4n) is 11.1. The second-order valence-electron chi connectivity index (χ2n) is 20.3. The van der Waals surface area contributed by atoms with Crippen LogP contribution in [0.25, 0.3) is 39.4 Å². The zero-order valence-corrected chi connectivity index (χ0v) is 42.1. The molecular formula is C54H61FN8O10. The Morgan fingerprint density at radius 1 is 0.973 bits per heavy atom. The number of benzene rings is 3. The molecule has 19 heteroatoms. The predicted octanol–water partition coefficient (Wildman–Crippen LogP) is 6.54. The van der Waals surface area contributed by atoms with Crippen LogP contribution in [0.5, 0.6) is 11.5 Å². The van der Waals surface area contributed by atoms with Gasteiger partial charge in [0.1, 0.15) is 23.9 Å². The molecule has 2 fully saturated rings. The summed E-state index contributed by atoms with van der Waals surface area (Å²) in [6.07, 6.45) is 2.09. The molecule has 1 spiro atoms. The molecule has 3 aromatic heterocycles. The number of phenols is 2. The molecule has 2 amide bonds. The van der Waals surface area contributed by atoms with E-state index in [0.717, 1.165) is 79.4 Å². The van der Waals surface area contributed by atoms with Crippen molar-refractivity contribution in [2.75, 3.05) is 26.2 Å². The van der Waals surface area contributed by atoms with Crippen LogP contribution >= 0.6 is 0 Å². The summed E-state index contributed by atoms with van der Waals surface area (Å²) < 4.78 is 27.5. The topological polar surface area (TPSA) is 248 Å². The predicted molar refractivity (Wildman–Crippen MR) is 269 cm³/mol. The highest BCUT2D eigenvalue weighted by atomic mass is 19.1. The highest BCUT2D eigenvalue weighted by molar-refractivity contribution is 5.92. The number of nitrogens with two attached hydrogens (primary N) is 1. The van der Waals surface area contributed by atoms with Gasteiger partial charge in [-0.05, 0) is 124 Å². The van der Waals surface area contributed by atoms with Crippen molar-refractivity contribution in [3.8, 4) is 40.0 Å². The lowest BCUT2D eigenvalue weighted by Crippen LogP contribution is -2.65. The number of pyridine rings is 2. The summed E-state index contributed by atoms with van der Waals surface area (Å²) in [5, 5.41) is 38.7. The molecule has 384 valence electrons. The molecule has 18 nitrogen and oxygen atoms in total. The lowest BCUT2D eigenvalue weighted by Gasteiger charge is -2.55. The highest BCUT2D eigenvalue weighted by Crippen LogP contribution is 2.44. The monoisotopic (exact) mass is 1000 g/mol. The van der Waals surface area contributed by atoms with E-state index in [2.05, 4.69) is 15.1 Å². The summed E-state index contributed by atoms with van der Waals surface area (Å²) in [4.78, 5) is 70.3.